The van der Waals surface area contributed by atoms with Gasteiger partial charge in [-0.05, 0) is 18.8 Å². The van der Waals surface area contributed by atoms with Gasteiger partial charge in [-0.15, -0.1) is 0 Å². The molecule has 1 aliphatic heterocycles. The summed E-state index contributed by atoms with van der Waals surface area (Å²) in [7, 11) is 4.74. The van der Waals surface area contributed by atoms with Crippen LogP contribution < -0.4 is 14.2 Å². The number of hydrogen-bond acceptors (Lipinski definition) is 5. The predicted molar refractivity (Wildman–Crippen MR) is 74.6 cm³/mol. The molecule has 0 amide bonds. The Kier molecular flexibility index (Phi) is 5.09. The molecule has 1 aromatic carbocycles. The fourth-order valence-electron chi connectivity index (χ4n) is 2.59. The van der Waals surface area contributed by atoms with Gasteiger partial charge in [-0.25, -0.2) is 0 Å². The maximum Gasteiger partial charge on any atom is 0.132 e. The first-order valence-corrected chi connectivity index (χ1v) is 6.77. The Balaban J connectivity index is 2.36. The summed E-state index contributed by atoms with van der Waals surface area (Å²) in [4.78, 5) is 0. The maximum atomic E-state index is 10.7. The number of benzene rings is 1. The van der Waals surface area contributed by atoms with Crippen LogP contribution in [-0.4, -0.2) is 39.6 Å². The second-order valence-electron chi connectivity index (χ2n) is 4.84. The van der Waals surface area contributed by atoms with E-state index >= 15 is 0 Å². The second-order valence-corrected chi connectivity index (χ2v) is 4.84. The zero-order valence-corrected chi connectivity index (χ0v) is 12.2. The van der Waals surface area contributed by atoms with Gasteiger partial charge in [-0.2, -0.15) is 0 Å². The van der Waals surface area contributed by atoms with Crippen LogP contribution in [0.15, 0.2) is 12.1 Å². The lowest BCUT2D eigenvalue weighted by molar-refractivity contribution is 0.00548. The second kappa shape index (κ2) is 6.81. The molecular formula is C15H22O5. The van der Waals surface area contributed by atoms with Gasteiger partial charge in [0.05, 0.1) is 33.0 Å². The van der Waals surface area contributed by atoms with Crippen LogP contribution in [0.2, 0.25) is 0 Å². The van der Waals surface area contributed by atoms with E-state index in [4.69, 9.17) is 18.9 Å². The van der Waals surface area contributed by atoms with E-state index in [0.717, 1.165) is 12.8 Å². The number of methoxy groups -OCH3 is 3. The van der Waals surface area contributed by atoms with Crippen molar-refractivity contribution in [2.45, 2.75) is 18.9 Å². The van der Waals surface area contributed by atoms with Gasteiger partial charge in [0.15, 0.2) is 0 Å². The summed E-state index contributed by atoms with van der Waals surface area (Å²) >= 11 is 0. The fourth-order valence-corrected chi connectivity index (χ4v) is 2.59. The Morgan fingerprint density at radius 1 is 1.05 bits per heavy atom. The largest absolute Gasteiger partial charge is 0.496 e. The summed E-state index contributed by atoms with van der Waals surface area (Å²) in [6, 6.07) is 3.53. The van der Waals surface area contributed by atoms with Crippen molar-refractivity contribution in [3.63, 3.8) is 0 Å². The molecule has 1 heterocycles. The topological polar surface area (TPSA) is 57.2 Å². The lowest BCUT2D eigenvalue weighted by Gasteiger charge is -2.29. The molecule has 20 heavy (non-hydrogen) atoms. The number of aliphatic hydroxyl groups is 1. The summed E-state index contributed by atoms with van der Waals surface area (Å²) in [6.45, 7) is 1.37. The van der Waals surface area contributed by atoms with E-state index in [9.17, 15) is 5.11 Å². The highest BCUT2D eigenvalue weighted by molar-refractivity contribution is 5.52. The third-order valence-corrected chi connectivity index (χ3v) is 3.76. The number of ether oxygens (including phenoxy) is 4. The molecule has 1 fully saturated rings. The van der Waals surface area contributed by atoms with E-state index in [-0.39, 0.29) is 5.92 Å². The molecule has 5 nitrogen and oxygen atoms in total. The molecule has 1 atom stereocenters. The van der Waals surface area contributed by atoms with Crippen molar-refractivity contribution in [2.75, 3.05) is 34.5 Å². The fraction of sp³-hybridized carbons (Fsp3) is 0.600. The molecule has 0 aromatic heterocycles. The molecule has 2 rings (SSSR count). The van der Waals surface area contributed by atoms with Gasteiger partial charge < -0.3 is 24.1 Å². The lowest BCUT2D eigenvalue weighted by atomic mass is 9.88. The zero-order chi connectivity index (χ0) is 14.5. The Labute approximate surface area is 119 Å². The van der Waals surface area contributed by atoms with Crippen molar-refractivity contribution < 1.29 is 24.1 Å². The molecule has 1 N–H and O–H groups in total. The Hall–Kier alpha value is -1.46. The highest BCUT2D eigenvalue weighted by Gasteiger charge is 2.29. The van der Waals surface area contributed by atoms with Gasteiger partial charge in [-0.1, -0.05) is 0 Å². The molecule has 0 spiro atoms. The third kappa shape index (κ3) is 2.99. The molecule has 0 saturated carbocycles. The van der Waals surface area contributed by atoms with Gasteiger partial charge in [0.2, 0.25) is 0 Å². The number of aliphatic hydroxyl groups excluding tert-OH is 1. The standard InChI is InChI=1S/C15H22O5/c1-17-11-8-12(18-2)14(13(9-11)19-3)15(16)10-4-6-20-7-5-10/h8-10,15-16H,4-7H2,1-3H3. The molecule has 1 unspecified atom stereocenters. The van der Waals surface area contributed by atoms with Crippen LogP contribution in [0, 0.1) is 5.92 Å². The molecule has 0 bridgehead atoms. The first-order chi connectivity index (χ1) is 9.71. The molecule has 1 aromatic rings. The van der Waals surface area contributed by atoms with E-state index in [1.54, 1.807) is 33.5 Å². The van der Waals surface area contributed by atoms with Crippen LogP contribution in [0.4, 0.5) is 0 Å². The Bertz CT molecular complexity index is 415. The van der Waals surface area contributed by atoms with Gasteiger partial charge in [0.1, 0.15) is 17.2 Å². The lowest BCUT2D eigenvalue weighted by Crippen LogP contribution is -2.22. The van der Waals surface area contributed by atoms with E-state index < -0.39 is 6.10 Å². The highest BCUT2D eigenvalue weighted by atomic mass is 16.5. The molecule has 0 aliphatic carbocycles. The van der Waals surface area contributed by atoms with Crippen LogP contribution in [0.3, 0.4) is 0 Å². The molecule has 0 radical (unpaired) electrons. The van der Waals surface area contributed by atoms with Gasteiger partial charge in [-0.3, -0.25) is 0 Å². The maximum absolute atomic E-state index is 10.7. The number of rotatable bonds is 5. The van der Waals surface area contributed by atoms with Gasteiger partial charge >= 0.3 is 0 Å². The smallest absolute Gasteiger partial charge is 0.132 e. The summed E-state index contributed by atoms with van der Waals surface area (Å²) < 4.78 is 21.3. The van der Waals surface area contributed by atoms with Crippen molar-refractivity contribution in [3.05, 3.63) is 17.7 Å². The van der Waals surface area contributed by atoms with E-state index in [1.165, 1.54) is 0 Å². The van der Waals surface area contributed by atoms with Gasteiger partial charge in [0, 0.05) is 25.3 Å². The number of hydrogen-bond donors (Lipinski definition) is 1. The minimum atomic E-state index is -0.630. The molecule has 5 heteroatoms. The van der Waals surface area contributed by atoms with E-state index in [2.05, 4.69) is 0 Å². The molecule has 1 saturated heterocycles. The van der Waals surface area contributed by atoms with Crippen LogP contribution >= 0.6 is 0 Å². The third-order valence-electron chi connectivity index (χ3n) is 3.76. The van der Waals surface area contributed by atoms with Crippen molar-refractivity contribution in [2.24, 2.45) is 5.92 Å². The summed E-state index contributed by atoms with van der Waals surface area (Å²) in [5.74, 6) is 1.96. The quantitative estimate of drug-likeness (QED) is 0.897. The average Bonchev–Trinajstić information content (AvgIpc) is 2.53. The molecular weight excluding hydrogens is 260 g/mol. The zero-order valence-electron chi connectivity index (χ0n) is 12.2. The summed E-state index contributed by atoms with van der Waals surface area (Å²) in [5, 5.41) is 10.7. The van der Waals surface area contributed by atoms with Crippen molar-refractivity contribution >= 4 is 0 Å². The minimum absolute atomic E-state index is 0.153. The normalized spacial score (nSPS) is 17.6. The van der Waals surface area contributed by atoms with Crippen molar-refractivity contribution in [3.8, 4) is 17.2 Å². The Morgan fingerprint density at radius 3 is 2.05 bits per heavy atom. The molecule has 1 aliphatic rings. The Morgan fingerprint density at radius 2 is 1.60 bits per heavy atom. The van der Waals surface area contributed by atoms with Crippen LogP contribution in [0.25, 0.3) is 0 Å². The van der Waals surface area contributed by atoms with Crippen LogP contribution in [0.5, 0.6) is 17.2 Å². The van der Waals surface area contributed by atoms with Crippen molar-refractivity contribution in [1.82, 2.24) is 0 Å². The first-order valence-electron chi connectivity index (χ1n) is 6.77. The van der Waals surface area contributed by atoms with E-state index in [0.29, 0.717) is 36.0 Å². The summed E-state index contributed by atoms with van der Waals surface area (Å²) in [5.41, 5.74) is 0.683. The van der Waals surface area contributed by atoms with Crippen LogP contribution in [0.1, 0.15) is 24.5 Å². The SMILES string of the molecule is COc1cc(OC)c(C(O)C2CCOCC2)c(OC)c1. The predicted octanol–water partition coefficient (Wildman–Crippen LogP) is 2.17. The molecule has 112 valence electrons. The van der Waals surface area contributed by atoms with Crippen molar-refractivity contribution in [1.29, 1.82) is 0 Å². The monoisotopic (exact) mass is 282 g/mol. The summed E-state index contributed by atoms with van der Waals surface area (Å²) in [6.07, 6.45) is 1.04. The first kappa shape index (κ1) is 14.9. The van der Waals surface area contributed by atoms with Crippen LogP contribution in [-0.2, 0) is 4.74 Å². The minimum Gasteiger partial charge on any atom is -0.496 e. The van der Waals surface area contributed by atoms with E-state index in [1.807, 2.05) is 0 Å². The highest BCUT2D eigenvalue weighted by Crippen LogP contribution is 2.42. The average molecular weight is 282 g/mol. The van der Waals surface area contributed by atoms with Gasteiger partial charge in [0.25, 0.3) is 0 Å².